The van der Waals surface area contributed by atoms with Gasteiger partial charge in [-0.3, -0.25) is 4.79 Å². The monoisotopic (exact) mass is 363 g/mol. The average Bonchev–Trinajstić information content (AvgIpc) is 2.68. The molecule has 0 aromatic heterocycles. The van der Waals surface area contributed by atoms with Crippen molar-refractivity contribution in [3.8, 4) is 0 Å². The Bertz CT molecular complexity index is 809. The molecule has 3 amide bonds. The van der Waals surface area contributed by atoms with E-state index in [2.05, 4.69) is 10.6 Å². The molecule has 2 N–H and O–H groups in total. The zero-order valence-electron chi connectivity index (χ0n) is 15.5. The molecule has 1 heterocycles. The maximum absolute atomic E-state index is 12.3. The Balaban J connectivity index is 1.43. The molecule has 27 heavy (non-hydrogen) atoms. The van der Waals surface area contributed by atoms with Gasteiger partial charge in [0.15, 0.2) is 0 Å². The Morgan fingerprint density at radius 2 is 1.78 bits per heavy atom. The van der Waals surface area contributed by atoms with Crippen LogP contribution in [0, 0.1) is 6.92 Å². The zero-order chi connectivity index (χ0) is 19.1. The number of benzene rings is 2. The number of amides is 3. The van der Waals surface area contributed by atoms with Crippen LogP contribution in [0.15, 0.2) is 60.7 Å². The summed E-state index contributed by atoms with van der Waals surface area (Å²) in [6, 6.07) is 17.4. The number of aryl methyl sites for hydroxylation is 1. The van der Waals surface area contributed by atoms with Crippen molar-refractivity contribution in [2.24, 2.45) is 0 Å². The van der Waals surface area contributed by atoms with Crippen molar-refractivity contribution in [2.75, 3.05) is 18.4 Å². The number of carbonyl (C=O) groups excluding carboxylic acids is 2. The number of nitrogens with one attached hydrogen (secondary N) is 2. The summed E-state index contributed by atoms with van der Waals surface area (Å²) < 4.78 is 0. The molecular weight excluding hydrogens is 338 g/mol. The van der Waals surface area contributed by atoms with E-state index < -0.39 is 0 Å². The molecule has 3 rings (SSSR count). The van der Waals surface area contributed by atoms with Gasteiger partial charge < -0.3 is 15.5 Å². The molecule has 1 aliphatic heterocycles. The molecule has 2 aromatic rings. The molecule has 0 bridgehead atoms. The zero-order valence-corrected chi connectivity index (χ0v) is 15.5. The molecule has 0 atom stereocenters. The van der Waals surface area contributed by atoms with Crippen LogP contribution in [0.3, 0.4) is 0 Å². The second kappa shape index (κ2) is 9.03. The van der Waals surface area contributed by atoms with E-state index in [0.29, 0.717) is 13.1 Å². The topological polar surface area (TPSA) is 61.4 Å². The number of nitrogens with zero attached hydrogens (tertiary/aromatic N) is 1. The van der Waals surface area contributed by atoms with Gasteiger partial charge in [0.05, 0.1) is 0 Å². The molecule has 0 aliphatic carbocycles. The standard InChI is InChI=1S/C22H25N3O2/c1-17-6-5-7-18(16-17)10-11-21(26)23-20-12-14-25(15-13-20)22(27)24-19-8-3-2-4-9-19/h2-11,16,20H,12-15H2,1H3,(H,23,26)(H,24,27)/b11-10+. The van der Waals surface area contributed by atoms with Gasteiger partial charge in [-0.2, -0.15) is 0 Å². The molecule has 140 valence electrons. The van der Waals surface area contributed by atoms with Gasteiger partial charge in [0.1, 0.15) is 0 Å². The second-order valence-corrected chi connectivity index (χ2v) is 6.81. The largest absolute Gasteiger partial charge is 0.350 e. The Labute approximate surface area is 160 Å². The number of piperidine rings is 1. The molecule has 5 heteroatoms. The van der Waals surface area contributed by atoms with Gasteiger partial charge in [-0.1, -0.05) is 48.0 Å². The summed E-state index contributed by atoms with van der Waals surface area (Å²) in [5.41, 5.74) is 2.97. The van der Waals surface area contributed by atoms with E-state index >= 15 is 0 Å². The number of anilines is 1. The highest BCUT2D eigenvalue weighted by molar-refractivity contribution is 5.92. The number of rotatable bonds is 4. The number of carbonyl (C=O) groups is 2. The Morgan fingerprint density at radius 3 is 2.48 bits per heavy atom. The summed E-state index contributed by atoms with van der Waals surface area (Å²) in [5.74, 6) is -0.0938. The first-order valence-electron chi connectivity index (χ1n) is 9.26. The molecule has 1 fully saturated rings. The average molecular weight is 363 g/mol. The highest BCUT2D eigenvalue weighted by atomic mass is 16.2. The minimum atomic E-state index is -0.0938. The molecule has 0 saturated carbocycles. The third-order valence-electron chi connectivity index (χ3n) is 4.62. The smallest absolute Gasteiger partial charge is 0.321 e. The number of hydrogen-bond donors (Lipinski definition) is 2. The van der Waals surface area contributed by atoms with E-state index in [-0.39, 0.29) is 18.0 Å². The lowest BCUT2D eigenvalue weighted by molar-refractivity contribution is -0.117. The summed E-state index contributed by atoms with van der Waals surface area (Å²) in [6.07, 6.45) is 4.91. The van der Waals surface area contributed by atoms with Crippen molar-refractivity contribution in [1.29, 1.82) is 0 Å². The van der Waals surface area contributed by atoms with Gasteiger partial charge in [0.25, 0.3) is 0 Å². The van der Waals surface area contributed by atoms with Gasteiger partial charge in [-0.15, -0.1) is 0 Å². The van der Waals surface area contributed by atoms with E-state index in [1.807, 2.05) is 67.6 Å². The van der Waals surface area contributed by atoms with Crippen LogP contribution in [-0.4, -0.2) is 36.0 Å². The minimum Gasteiger partial charge on any atom is -0.350 e. The number of para-hydroxylation sites is 1. The Hall–Kier alpha value is -3.08. The minimum absolute atomic E-state index is 0.0923. The molecule has 2 aromatic carbocycles. The fraction of sp³-hybridized carbons (Fsp3) is 0.273. The second-order valence-electron chi connectivity index (χ2n) is 6.81. The van der Waals surface area contributed by atoms with Crippen LogP contribution < -0.4 is 10.6 Å². The molecule has 5 nitrogen and oxygen atoms in total. The summed E-state index contributed by atoms with van der Waals surface area (Å²) in [7, 11) is 0. The Morgan fingerprint density at radius 1 is 1.04 bits per heavy atom. The molecule has 0 spiro atoms. The van der Waals surface area contributed by atoms with Crippen LogP contribution in [0.2, 0.25) is 0 Å². The number of likely N-dealkylation sites (tertiary alicyclic amines) is 1. The molecule has 0 radical (unpaired) electrons. The van der Waals surface area contributed by atoms with Gasteiger partial charge in [-0.05, 0) is 43.5 Å². The van der Waals surface area contributed by atoms with Crippen LogP contribution in [0.25, 0.3) is 6.08 Å². The normalized spacial score (nSPS) is 14.9. The van der Waals surface area contributed by atoms with Gasteiger partial charge in [0, 0.05) is 30.9 Å². The lowest BCUT2D eigenvalue weighted by Crippen LogP contribution is -2.47. The third-order valence-corrected chi connectivity index (χ3v) is 4.62. The van der Waals surface area contributed by atoms with Crippen LogP contribution in [-0.2, 0) is 4.79 Å². The summed E-state index contributed by atoms with van der Waals surface area (Å²) >= 11 is 0. The number of urea groups is 1. The maximum Gasteiger partial charge on any atom is 0.321 e. The van der Waals surface area contributed by atoms with Crippen molar-refractivity contribution in [3.63, 3.8) is 0 Å². The van der Waals surface area contributed by atoms with E-state index in [0.717, 1.165) is 24.1 Å². The first-order valence-corrected chi connectivity index (χ1v) is 9.26. The highest BCUT2D eigenvalue weighted by Gasteiger charge is 2.23. The summed E-state index contributed by atoms with van der Waals surface area (Å²) in [6.45, 7) is 3.29. The molecule has 1 saturated heterocycles. The summed E-state index contributed by atoms with van der Waals surface area (Å²) in [4.78, 5) is 26.2. The molecule has 0 unspecified atom stereocenters. The fourth-order valence-electron chi connectivity index (χ4n) is 3.15. The summed E-state index contributed by atoms with van der Waals surface area (Å²) in [5, 5.41) is 5.93. The predicted molar refractivity (Wildman–Crippen MR) is 108 cm³/mol. The van der Waals surface area contributed by atoms with E-state index in [1.54, 1.807) is 11.0 Å². The van der Waals surface area contributed by atoms with Gasteiger partial charge in [0.2, 0.25) is 5.91 Å². The van der Waals surface area contributed by atoms with Gasteiger partial charge in [-0.25, -0.2) is 4.79 Å². The van der Waals surface area contributed by atoms with Crippen LogP contribution >= 0.6 is 0 Å². The third kappa shape index (κ3) is 5.71. The quantitative estimate of drug-likeness (QED) is 0.811. The van der Waals surface area contributed by atoms with Crippen LogP contribution in [0.1, 0.15) is 24.0 Å². The first-order chi connectivity index (χ1) is 13.1. The SMILES string of the molecule is Cc1cccc(/C=C/C(=O)NC2CCN(C(=O)Nc3ccccc3)CC2)c1. The van der Waals surface area contributed by atoms with Crippen molar-refractivity contribution in [3.05, 3.63) is 71.8 Å². The van der Waals surface area contributed by atoms with E-state index in [1.165, 1.54) is 5.56 Å². The molecule has 1 aliphatic rings. The molecular formula is C22H25N3O2. The lowest BCUT2D eigenvalue weighted by Gasteiger charge is -2.32. The lowest BCUT2D eigenvalue weighted by atomic mass is 10.1. The number of hydrogen-bond acceptors (Lipinski definition) is 2. The first kappa shape index (κ1) is 18.7. The predicted octanol–water partition coefficient (Wildman–Crippen LogP) is 3.82. The Kier molecular flexibility index (Phi) is 6.26. The van der Waals surface area contributed by atoms with Gasteiger partial charge >= 0.3 is 6.03 Å². The van der Waals surface area contributed by atoms with Crippen molar-refractivity contribution < 1.29 is 9.59 Å². The van der Waals surface area contributed by atoms with Crippen LogP contribution in [0.5, 0.6) is 0 Å². The highest BCUT2D eigenvalue weighted by Crippen LogP contribution is 2.13. The van der Waals surface area contributed by atoms with Crippen molar-refractivity contribution in [1.82, 2.24) is 10.2 Å². The van der Waals surface area contributed by atoms with Crippen molar-refractivity contribution >= 4 is 23.7 Å². The fourth-order valence-corrected chi connectivity index (χ4v) is 3.15. The van der Waals surface area contributed by atoms with E-state index in [4.69, 9.17) is 0 Å². The van der Waals surface area contributed by atoms with Crippen LogP contribution in [0.4, 0.5) is 10.5 Å². The van der Waals surface area contributed by atoms with Crippen molar-refractivity contribution in [2.45, 2.75) is 25.8 Å². The van der Waals surface area contributed by atoms with E-state index in [9.17, 15) is 9.59 Å². The maximum atomic E-state index is 12.3.